The number of nitrogens with zero attached hydrogens (tertiary/aromatic N) is 3. The van der Waals surface area contributed by atoms with E-state index in [4.69, 9.17) is 4.74 Å². The molecule has 31 heavy (non-hydrogen) atoms. The van der Waals surface area contributed by atoms with Crippen molar-refractivity contribution in [2.24, 2.45) is 0 Å². The van der Waals surface area contributed by atoms with Crippen LogP contribution in [0.5, 0.6) is 0 Å². The van der Waals surface area contributed by atoms with E-state index in [1.165, 1.54) is 0 Å². The quantitative estimate of drug-likeness (QED) is 0.574. The predicted octanol–water partition coefficient (Wildman–Crippen LogP) is 4.86. The zero-order chi connectivity index (χ0) is 22.9. The topological polar surface area (TPSA) is 86.1 Å². The molecule has 1 aromatic carbocycles. The summed E-state index contributed by atoms with van der Waals surface area (Å²) in [6.45, 7) is 13.6. The van der Waals surface area contributed by atoms with E-state index in [1.54, 1.807) is 16.9 Å². The van der Waals surface area contributed by atoms with Gasteiger partial charge in [-0.25, -0.2) is 14.5 Å². The highest BCUT2D eigenvalue weighted by molar-refractivity contribution is 6.04. The lowest BCUT2D eigenvalue weighted by molar-refractivity contribution is -0.119. The van der Waals surface area contributed by atoms with Crippen molar-refractivity contribution < 1.29 is 14.3 Å². The molecule has 0 saturated heterocycles. The molecular formula is C24H30N4O3. The average molecular weight is 423 g/mol. The molecule has 3 aromatic rings. The van der Waals surface area contributed by atoms with Crippen LogP contribution in [0.1, 0.15) is 72.4 Å². The normalized spacial score (nSPS) is 11.4. The molecule has 1 N–H and O–H groups in total. The fraction of sp³-hybridized carbons (Fsp3) is 0.417. The molecule has 0 spiro atoms. The number of aromatic nitrogens is 3. The highest BCUT2D eigenvalue weighted by Crippen LogP contribution is 2.25. The number of rotatable bonds is 6. The molecule has 3 rings (SSSR count). The first-order valence-corrected chi connectivity index (χ1v) is 10.5. The molecule has 2 aromatic heterocycles. The molecule has 2 heterocycles. The van der Waals surface area contributed by atoms with Crippen LogP contribution in [0.25, 0.3) is 11.0 Å². The first-order chi connectivity index (χ1) is 14.6. The fourth-order valence-electron chi connectivity index (χ4n) is 3.64. The second kappa shape index (κ2) is 8.88. The summed E-state index contributed by atoms with van der Waals surface area (Å²) in [5.41, 5.74) is 5.60. The van der Waals surface area contributed by atoms with Gasteiger partial charge in [0, 0.05) is 17.4 Å². The van der Waals surface area contributed by atoms with E-state index in [-0.39, 0.29) is 24.5 Å². The van der Waals surface area contributed by atoms with Crippen molar-refractivity contribution in [1.29, 1.82) is 0 Å². The summed E-state index contributed by atoms with van der Waals surface area (Å²) in [5.74, 6) is -0.817. The van der Waals surface area contributed by atoms with Crippen LogP contribution in [0.2, 0.25) is 0 Å². The molecule has 7 nitrogen and oxygen atoms in total. The molecule has 7 heteroatoms. The van der Waals surface area contributed by atoms with Gasteiger partial charge in [-0.3, -0.25) is 4.79 Å². The second-order valence-electron chi connectivity index (χ2n) is 8.57. The van der Waals surface area contributed by atoms with E-state index in [2.05, 4.69) is 15.4 Å². The predicted molar refractivity (Wildman–Crippen MR) is 122 cm³/mol. The van der Waals surface area contributed by atoms with Crippen LogP contribution < -0.4 is 5.32 Å². The molecule has 0 saturated carbocycles. The number of hydrogen-bond donors (Lipinski definition) is 1. The summed E-state index contributed by atoms with van der Waals surface area (Å²) in [5, 5.41) is 7.86. The Balaban J connectivity index is 1.81. The second-order valence-corrected chi connectivity index (χ2v) is 8.57. The number of fused-ring (bicyclic) bond motifs is 1. The third kappa shape index (κ3) is 4.76. The third-order valence-electron chi connectivity index (χ3n) is 5.16. The number of amides is 1. The van der Waals surface area contributed by atoms with Crippen LogP contribution in [0.15, 0.2) is 24.4 Å². The van der Waals surface area contributed by atoms with Crippen molar-refractivity contribution in [1.82, 2.24) is 14.8 Å². The fourth-order valence-corrected chi connectivity index (χ4v) is 3.64. The molecule has 0 radical (unpaired) electrons. The van der Waals surface area contributed by atoms with E-state index in [0.29, 0.717) is 16.6 Å². The van der Waals surface area contributed by atoms with Crippen molar-refractivity contribution >= 4 is 28.6 Å². The Kier molecular flexibility index (Phi) is 6.43. The van der Waals surface area contributed by atoms with Crippen LogP contribution in [0, 0.1) is 20.8 Å². The van der Waals surface area contributed by atoms with Gasteiger partial charge in [-0.2, -0.15) is 5.10 Å². The Hall–Kier alpha value is -3.22. The van der Waals surface area contributed by atoms with Crippen LogP contribution in [-0.4, -0.2) is 33.2 Å². The number of ether oxygens (including phenoxy) is 1. The third-order valence-corrected chi connectivity index (χ3v) is 5.16. The van der Waals surface area contributed by atoms with Gasteiger partial charge < -0.3 is 10.1 Å². The number of aryl methyl sites for hydroxylation is 3. The van der Waals surface area contributed by atoms with Gasteiger partial charge in [-0.1, -0.05) is 31.5 Å². The highest BCUT2D eigenvalue weighted by atomic mass is 16.5. The van der Waals surface area contributed by atoms with Gasteiger partial charge in [0.25, 0.3) is 5.91 Å². The standard InChI is InChI=1S/C24H30N4O3/c1-13(2)20-10-18(19-11-25-28(14(3)4)23(19)26-20)24(30)31-12-21(29)27-22-16(6)8-15(5)9-17(22)7/h8-11,13-14H,12H2,1-7H3,(H,27,29). The van der Waals surface area contributed by atoms with Gasteiger partial charge in [0.05, 0.1) is 17.1 Å². The van der Waals surface area contributed by atoms with Crippen molar-refractivity contribution in [2.75, 3.05) is 11.9 Å². The summed E-state index contributed by atoms with van der Waals surface area (Å²) in [6, 6.07) is 5.83. The molecule has 0 aliphatic rings. The largest absolute Gasteiger partial charge is 0.452 e. The minimum atomic E-state index is -0.565. The van der Waals surface area contributed by atoms with Crippen LogP contribution in [0.3, 0.4) is 0 Å². The van der Waals surface area contributed by atoms with Gasteiger partial charge in [0.1, 0.15) is 0 Å². The van der Waals surface area contributed by atoms with Gasteiger partial charge in [-0.15, -0.1) is 0 Å². The summed E-state index contributed by atoms with van der Waals surface area (Å²) in [6.07, 6.45) is 1.63. The number of hydrogen-bond acceptors (Lipinski definition) is 5. The maximum atomic E-state index is 12.9. The Morgan fingerprint density at radius 1 is 1.06 bits per heavy atom. The average Bonchev–Trinajstić information content (AvgIpc) is 3.12. The molecule has 0 bridgehead atoms. The van der Waals surface area contributed by atoms with Crippen LogP contribution in [-0.2, 0) is 9.53 Å². The van der Waals surface area contributed by atoms with Crippen LogP contribution in [0.4, 0.5) is 5.69 Å². The lowest BCUT2D eigenvalue weighted by atomic mass is 10.1. The number of carbonyl (C=O) groups excluding carboxylic acids is 2. The maximum absolute atomic E-state index is 12.9. The van der Waals surface area contributed by atoms with Crippen molar-refractivity contribution in [3.05, 3.63) is 52.3 Å². The number of benzene rings is 1. The monoisotopic (exact) mass is 422 g/mol. The first kappa shape index (κ1) is 22.5. The zero-order valence-electron chi connectivity index (χ0n) is 19.2. The summed E-state index contributed by atoms with van der Waals surface area (Å²) < 4.78 is 7.15. The highest BCUT2D eigenvalue weighted by Gasteiger charge is 2.21. The zero-order valence-corrected chi connectivity index (χ0v) is 19.2. The van der Waals surface area contributed by atoms with Crippen molar-refractivity contribution in [3.8, 4) is 0 Å². The Morgan fingerprint density at radius 2 is 1.71 bits per heavy atom. The van der Waals surface area contributed by atoms with Gasteiger partial charge in [0.15, 0.2) is 12.3 Å². The minimum absolute atomic E-state index is 0.100. The molecule has 0 aliphatic heterocycles. The van der Waals surface area contributed by atoms with E-state index < -0.39 is 5.97 Å². The number of anilines is 1. The minimum Gasteiger partial charge on any atom is -0.452 e. The summed E-state index contributed by atoms with van der Waals surface area (Å²) in [4.78, 5) is 30.0. The van der Waals surface area contributed by atoms with Crippen LogP contribution >= 0.6 is 0 Å². The number of pyridine rings is 1. The van der Waals surface area contributed by atoms with Gasteiger partial charge in [0.2, 0.25) is 0 Å². The summed E-state index contributed by atoms with van der Waals surface area (Å²) in [7, 11) is 0. The van der Waals surface area contributed by atoms with E-state index in [0.717, 1.165) is 28.1 Å². The Morgan fingerprint density at radius 3 is 2.29 bits per heavy atom. The van der Waals surface area contributed by atoms with Crippen molar-refractivity contribution in [3.63, 3.8) is 0 Å². The summed E-state index contributed by atoms with van der Waals surface area (Å²) >= 11 is 0. The smallest absolute Gasteiger partial charge is 0.339 e. The molecule has 0 aliphatic carbocycles. The van der Waals surface area contributed by atoms with E-state index in [1.807, 2.05) is 60.6 Å². The van der Waals surface area contributed by atoms with E-state index >= 15 is 0 Å². The Labute approximate surface area is 182 Å². The SMILES string of the molecule is Cc1cc(C)c(NC(=O)COC(=O)c2cc(C(C)C)nc3c2cnn3C(C)C)c(C)c1. The first-order valence-electron chi connectivity index (χ1n) is 10.5. The lowest BCUT2D eigenvalue weighted by Gasteiger charge is -2.14. The maximum Gasteiger partial charge on any atom is 0.339 e. The molecule has 1 amide bonds. The van der Waals surface area contributed by atoms with E-state index in [9.17, 15) is 9.59 Å². The van der Waals surface area contributed by atoms with Crippen molar-refractivity contribution in [2.45, 2.75) is 60.4 Å². The van der Waals surface area contributed by atoms with Gasteiger partial charge in [-0.05, 0) is 57.7 Å². The molecule has 164 valence electrons. The number of carbonyl (C=O) groups is 2. The van der Waals surface area contributed by atoms with Gasteiger partial charge >= 0.3 is 5.97 Å². The molecule has 0 unspecified atom stereocenters. The molecular weight excluding hydrogens is 392 g/mol. The lowest BCUT2D eigenvalue weighted by Crippen LogP contribution is -2.22. The molecule has 0 fully saturated rings. The Bertz CT molecular complexity index is 1120. The number of nitrogens with one attached hydrogen (secondary N) is 1. The molecule has 0 atom stereocenters. The number of esters is 1.